The molecule has 0 bridgehead atoms. The summed E-state index contributed by atoms with van der Waals surface area (Å²) in [6, 6.07) is 9.50. The first kappa shape index (κ1) is 17.4. The van der Waals surface area contributed by atoms with Crippen molar-refractivity contribution in [3.63, 3.8) is 0 Å². The van der Waals surface area contributed by atoms with Crippen LogP contribution < -0.4 is 10.6 Å². The minimum absolute atomic E-state index is 0.0106. The lowest BCUT2D eigenvalue weighted by Crippen LogP contribution is -2.21. The molecule has 124 valence electrons. The van der Waals surface area contributed by atoms with Gasteiger partial charge < -0.3 is 15.4 Å². The van der Waals surface area contributed by atoms with E-state index >= 15 is 0 Å². The van der Waals surface area contributed by atoms with Gasteiger partial charge in [-0.15, -0.1) is 0 Å². The first-order valence-electron chi connectivity index (χ1n) is 6.91. The van der Waals surface area contributed by atoms with Crippen molar-refractivity contribution in [1.29, 1.82) is 0 Å². The predicted molar refractivity (Wildman–Crippen MR) is 88.9 cm³/mol. The molecule has 2 amide bonds. The molecule has 7 nitrogen and oxygen atoms in total. The normalized spacial score (nSPS) is 9.92. The number of ether oxygens (including phenoxy) is 1. The molecule has 0 radical (unpaired) electrons. The average molecular weight is 348 g/mol. The molecule has 1 aromatic carbocycles. The van der Waals surface area contributed by atoms with E-state index in [1.54, 1.807) is 30.3 Å². The highest BCUT2D eigenvalue weighted by atomic mass is 35.5. The summed E-state index contributed by atoms with van der Waals surface area (Å²) in [7, 11) is 0. The predicted octanol–water partition coefficient (Wildman–Crippen LogP) is 2.49. The number of benzene rings is 1. The lowest BCUT2D eigenvalue weighted by atomic mass is 10.2. The fourth-order valence-corrected chi connectivity index (χ4v) is 1.98. The summed E-state index contributed by atoms with van der Waals surface area (Å²) in [6.07, 6.45) is 1.44. The summed E-state index contributed by atoms with van der Waals surface area (Å²) >= 11 is 5.77. The minimum Gasteiger partial charge on any atom is -0.452 e. The third-order valence-electron chi connectivity index (χ3n) is 2.80. The van der Waals surface area contributed by atoms with E-state index in [-0.39, 0.29) is 16.6 Å². The molecule has 0 unspecified atom stereocenters. The number of esters is 1. The van der Waals surface area contributed by atoms with Gasteiger partial charge in [0.1, 0.15) is 5.15 Å². The van der Waals surface area contributed by atoms with Crippen molar-refractivity contribution in [2.45, 2.75) is 6.92 Å². The molecule has 24 heavy (non-hydrogen) atoms. The second-order valence-corrected chi connectivity index (χ2v) is 5.08. The van der Waals surface area contributed by atoms with Gasteiger partial charge in [-0.05, 0) is 36.4 Å². The number of nitrogens with one attached hydrogen (secondary N) is 2. The summed E-state index contributed by atoms with van der Waals surface area (Å²) in [6.45, 7) is 0.941. The van der Waals surface area contributed by atoms with Gasteiger partial charge in [-0.3, -0.25) is 9.59 Å². The fraction of sp³-hybridized carbons (Fsp3) is 0.125. The summed E-state index contributed by atoms with van der Waals surface area (Å²) in [5.41, 5.74) is 1.20. The van der Waals surface area contributed by atoms with Crippen molar-refractivity contribution in [2.24, 2.45) is 0 Å². The zero-order valence-electron chi connectivity index (χ0n) is 12.7. The number of nitrogens with zero attached hydrogens (tertiary/aromatic N) is 1. The van der Waals surface area contributed by atoms with Crippen LogP contribution in [-0.4, -0.2) is 29.4 Å². The molecule has 0 saturated carbocycles. The van der Waals surface area contributed by atoms with Gasteiger partial charge in [-0.1, -0.05) is 11.6 Å². The molecule has 2 rings (SSSR count). The Morgan fingerprint density at radius 3 is 2.29 bits per heavy atom. The number of pyridine rings is 1. The third-order valence-corrected chi connectivity index (χ3v) is 3.10. The number of carbonyl (C=O) groups excluding carboxylic acids is 3. The summed E-state index contributed by atoms with van der Waals surface area (Å²) in [5.74, 6) is -1.42. The summed E-state index contributed by atoms with van der Waals surface area (Å²) in [5, 5.41) is 5.19. The van der Waals surface area contributed by atoms with E-state index in [4.69, 9.17) is 16.3 Å². The Kier molecular flexibility index (Phi) is 5.86. The third kappa shape index (κ3) is 5.06. The van der Waals surface area contributed by atoms with Crippen molar-refractivity contribution in [2.75, 3.05) is 17.2 Å². The van der Waals surface area contributed by atoms with Crippen molar-refractivity contribution in [3.05, 3.63) is 53.3 Å². The number of halogens is 1. The maximum atomic E-state index is 11.8. The molecule has 0 aliphatic heterocycles. The SMILES string of the molecule is CC(=O)Nc1ccc(NC(=O)COC(=O)c2cccnc2Cl)cc1. The number of anilines is 2. The van der Waals surface area contributed by atoms with E-state index < -0.39 is 18.5 Å². The van der Waals surface area contributed by atoms with E-state index in [1.165, 1.54) is 19.2 Å². The molecule has 1 heterocycles. The van der Waals surface area contributed by atoms with E-state index in [9.17, 15) is 14.4 Å². The van der Waals surface area contributed by atoms with Crippen molar-refractivity contribution >= 4 is 40.8 Å². The number of hydrogen-bond acceptors (Lipinski definition) is 5. The molecule has 1 aromatic heterocycles. The van der Waals surface area contributed by atoms with Crippen LogP contribution >= 0.6 is 11.6 Å². The summed E-state index contributed by atoms with van der Waals surface area (Å²) < 4.78 is 4.89. The number of amides is 2. The largest absolute Gasteiger partial charge is 0.452 e. The molecule has 0 spiro atoms. The molecule has 0 aliphatic carbocycles. The Hall–Kier alpha value is -2.93. The number of hydrogen-bond donors (Lipinski definition) is 2. The van der Waals surface area contributed by atoms with Crippen LogP contribution in [0.2, 0.25) is 5.15 Å². The second kappa shape index (κ2) is 8.07. The molecular formula is C16H14ClN3O4. The highest BCUT2D eigenvalue weighted by molar-refractivity contribution is 6.32. The standard InChI is InChI=1S/C16H14ClN3O4/c1-10(21)19-11-4-6-12(7-5-11)20-14(22)9-24-16(23)13-3-2-8-18-15(13)17/h2-8H,9H2,1H3,(H,19,21)(H,20,22). The van der Waals surface area contributed by atoms with Crippen LogP contribution in [0.3, 0.4) is 0 Å². The van der Waals surface area contributed by atoms with Crippen LogP contribution in [0.1, 0.15) is 17.3 Å². The maximum absolute atomic E-state index is 11.8. The van der Waals surface area contributed by atoms with Gasteiger partial charge in [-0.2, -0.15) is 0 Å². The van der Waals surface area contributed by atoms with Gasteiger partial charge in [0.05, 0.1) is 5.56 Å². The molecule has 2 aromatic rings. The highest BCUT2D eigenvalue weighted by Gasteiger charge is 2.14. The van der Waals surface area contributed by atoms with Gasteiger partial charge in [0.25, 0.3) is 5.91 Å². The van der Waals surface area contributed by atoms with Gasteiger partial charge in [0.2, 0.25) is 5.91 Å². The Morgan fingerprint density at radius 2 is 1.71 bits per heavy atom. The Morgan fingerprint density at radius 1 is 1.08 bits per heavy atom. The molecule has 0 atom stereocenters. The zero-order valence-corrected chi connectivity index (χ0v) is 13.5. The van der Waals surface area contributed by atoms with E-state index in [0.717, 1.165) is 0 Å². The zero-order chi connectivity index (χ0) is 17.5. The number of rotatable bonds is 5. The molecule has 2 N–H and O–H groups in total. The van der Waals surface area contributed by atoms with Crippen LogP contribution in [0.25, 0.3) is 0 Å². The van der Waals surface area contributed by atoms with Crippen LogP contribution in [0.5, 0.6) is 0 Å². The number of carbonyl (C=O) groups is 3. The first-order valence-corrected chi connectivity index (χ1v) is 7.28. The van der Waals surface area contributed by atoms with Crippen molar-refractivity contribution in [3.8, 4) is 0 Å². The number of aromatic nitrogens is 1. The lowest BCUT2D eigenvalue weighted by molar-refractivity contribution is -0.119. The van der Waals surface area contributed by atoms with Gasteiger partial charge in [0, 0.05) is 24.5 Å². The van der Waals surface area contributed by atoms with Crippen molar-refractivity contribution < 1.29 is 19.1 Å². The second-order valence-electron chi connectivity index (χ2n) is 4.72. The molecule has 0 fully saturated rings. The average Bonchev–Trinajstić information content (AvgIpc) is 2.54. The van der Waals surface area contributed by atoms with E-state index in [0.29, 0.717) is 11.4 Å². The highest BCUT2D eigenvalue weighted by Crippen LogP contribution is 2.14. The quantitative estimate of drug-likeness (QED) is 0.639. The smallest absolute Gasteiger partial charge is 0.341 e. The van der Waals surface area contributed by atoms with Gasteiger partial charge >= 0.3 is 5.97 Å². The maximum Gasteiger partial charge on any atom is 0.341 e. The van der Waals surface area contributed by atoms with Crippen LogP contribution in [-0.2, 0) is 14.3 Å². The summed E-state index contributed by atoms with van der Waals surface area (Å²) in [4.78, 5) is 38.3. The Bertz CT molecular complexity index is 762. The van der Waals surface area contributed by atoms with E-state index in [2.05, 4.69) is 15.6 Å². The topological polar surface area (TPSA) is 97.4 Å². The Labute approximate surface area is 143 Å². The lowest BCUT2D eigenvalue weighted by Gasteiger charge is -2.08. The van der Waals surface area contributed by atoms with Crippen molar-refractivity contribution in [1.82, 2.24) is 4.98 Å². The van der Waals surface area contributed by atoms with Crippen LogP contribution in [0.4, 0.5) is 11.4 Å². The molecule has 0 saturated heterocycles. The fourth-order valence-electron chi connectivity index (χ4n) is 1.78. The Balaban J connectivity index is 1.86. The molecular weight excluding hydrogens is 334 g/mol. The monoisotopic (exact) mass is 347 g/mol. The first-order chi connectivity index (χ1) is 11.5. The van der Waals surface area contributed by atoms with E-state index in [1.807, 2.05) is 0 Å². The van der Waals surface area contributed by atoms with Crippen LogP contribution in [0.15, 0.2) is 42.6 Å². The molecule has 0 aliphatic rings. The van der Waals surface area contributed by atoms with Gasteiger partial charge in [0.15, 0.2) is 6.61 Å². The molecule has 8 heteroatoms. The van der Waals surface area contributed by atoms with Gasteiger partial charge in [-0.25, -0.2) is 9.78 Å². The minimum atomic E-state index is -0.732. The van der Waals surface area contributed by atoms with Crippen LogP contribution in [0, 0.1) is 0 Å².